The van der Waals surface area contributed by atoms with Crippen molar-refractivity contribution in [2.75, 3.05) is 7.05 Å². The van der Waals surface area contributed by atoms with Gasteiger partial charge in [-0.25, -0.2) is 0 Å². The first-order valence-corrected chi connectivity index (χ1v) is 4.35. The third-order valence-corrected chi connectivity index (χ3v) is 1.91. The Morgan fingerprint density at radius 2 is 2.08 bits per heavy atom. The lowest BCUT2D eigenvalue weighted by Crippen LogP contribution is -2.10. The van der Waals surface area contributed by atoms with Crippen LogP contribution >= 0.6 is 0 Å². The van der Waals surface area contributed by atoms with Gasteiger partial charge in [0.05, 0.1) is 0 Å². The van der Waals surface area contributed by atoms with E-state index in [0.29, 0.717) is 0 Å². The summed E-state index contributed by atoms with van der Waals surface area (Å²) in [4.78, 5) is 2.06. The molecule has 0 aromatic heterocycles. The van der Waals surface area contributed by atoms with Crippen LogP contribution in [0.3, 0.4) is 0 Å². The molecule has 0 aromatic carbocycles. The molecule has 0 fully saturated rings. The molecule has 68 valence electrons. The second-order valence-corrected chi connectivity index (χ2v) is 2.78. The summed E-state index contributed by atoms with van der Waals surface area (Å²) in [6.45, 7) is 10.1. The highest BCUT2D eigenvalue weighted by Crippen LogP contribution is 2.13. The minimum absolute atomic E-state index is 1.04. The maximum atomic E-state index is 3.74. The molecule has 1 nitrogen and oxygen atoms in total. The summed E-state index contributed by atoms with van der Waals surface area (Å²) in [5.74, 6) is 0. The molecule has 0 bridgehead atoms. The van der Waals surface area contributed by atoms with E-state index in [1.54, 1.807) is 0 Å². The molecule has 0 saturated heterocycles. The average Bonchev–Trinajstić information content (AvgIpc) is 2.06. The minimum Gasteiger partial charge on any atom is -0.355 e. The second-order valence-electron chi connectivity index (χ2n) is 2.78. The van der Waals surface area contributed by atoms with Gasteiger partial charge >= 0.3 is 0 Å². The first kappa shape index (κ1) is 11.0. The topological polar surface area (TPSA) is 3.24 Å². The van der Waals surface area contributed by atoms with E-state index in [9.17, 15) is 0 Å². The quantitative estimate of drug-likeness (QED) is 0.578. The molecule has 12 heavy (non-hydrogen) atoms. The minimum atomic E-state index is 1.04. The van der Waals surface area contributed by atoms with Crippen molar-refractivity contribution in [1.82, 2.24) is 4.90 Å². The van der Waals surface area contributed by atoms with Crippen LogP contribution in [0.15, 0.2) is 36.2 Å². The van der Waals surface area contributed by atoms with Crippen LogP contribution in [0.4, 0.5) is 0 Å². The van der Waals surface area contributed by atoms with Crippen molar-refractivity contribution in [3.63, 3.8) is 0 Å². The van der Waals surface area contributed by atoms with Crippen molar-refractivity contribution in [3.05, 3.63) is 36.2 Å². The Morgan fingerprint density at radius 3 is 2.42 bits per heavy atom. The standard InChI is InChI=1S/C11H19N/c1-6-9-10(4)11(7-2)12(5)8-3/h6,8-9H,3,7H2,1-2,4-5H3/b9-6-,11-10+. The lowest BCUT2D eigenvalue weighted by molar-refractivity contribution is 0.542. The number of allylic oxidation sites excluding steroid dienone is 4. The Labute approximate surface area is 76.1 Å². The summed E-state index contributed by atoms with van der Waals surface area (Å²) < 4.78 is 0. The summed E-state index contributed by atoms with van der Waals surface area (Å²) in [6.07, 6.45) is 7.06. The van der Waals surface area contributed by atoms with Crippen molar-refractivity contribution in [1.29, 1.82) is 0 Å². The molecule has 0 heterocycles. The van der Waals surface area contributed by atoms with Crippen LogP contribution in [-0.4, -0.2) is 11.9 Å². The van der Waals surface area contributed by atoms with E-state index in [0.717, 1.165) is 6.42 Å². The zero-order valence-corrected chi connectivity index (χ0v) is 8.59. The van der Waals surface area contributed by atoms with Crippen LogP contribution in [0.25, 0.3) is 0 Å². The van der Waals surface area contributed by atoms with E-state index in [1.807, 2.05) is 20.2 Å². The maximum Gasteiger partial charge on any atom is 0.0197 e. The Morgan fingerprint density at radius 1 is 1.50 bits per heavy atom. The van der Waals surface area contributed by atoms with Gasteiger partial charge in [0.15, 0.2) is 0 Å². The van der Waals surface area contributed by atoms with Gasteiger partial charge in [-0.2, -0.15) is 0 Å². The molecule has 0 aliphatic heterocycles. The lowest BCUT2D eigenvalue weighted by atomic mass is 10.1. The van der Waals surface area contributed by atoms with E-state index in [-0.39, 0.29) is 0 Å². The number of rotatable bonds is 4. The molecule has 1 heteroatoms. The molecule has 0 amide bonds. The van der Waals surface area contributed by atoms with Crippen LogP contribution < -0.4 is 0 Å². The highest BCUT2D eigenvalue weighted by molar-refractivity contribution is 5.23. The zero-order valence-electron chi connectivity index (χ0n) is 8.59. The van der Waals surface area contributed by atoms with Crippen molar-refractivity contribution in [3.8, 4) is 0 Å². The lowest BCUT2D eigenvalue weighted by Gasteiger charge is -2.18. The van der Waals surface area contributed by atoms with Crippen molar-refractivity contribution < 1.29 is 0 Å². The van der Waals surface area contributed by atoms with E-state index in [1.165, 1.54) is 11.3 Å². The van der Waals surface area contributed by atoms with Gasteiger partial charge in [-0.05, 0) is 32.0 Å². The monoisotopic (exact) mass is 165 g/mol. The number of nitrogens with zero attached hydrogens (tertiary/aromatic N) is 1. The molecule has 0 aliphatic rings. The maximum absolute atomic E-state index is 3.74. The summed E-state index contributed by atoms with van der Waals surface area (Å²) in [5, 5.41) is 0. The predicted octanol–water partition coefficient (Wildman–Crippen LogP) is 3.32. The van der Waals surface area contributed by atoms with Crippen molar-refractivity contribution >= 4 is 0 Å². The van der Waals surface area contributed by atoms with Gasteiger partial charge in [0.2, 0.25) is 0 Å². The summed E-state index contributed by atoms with van der Waals surface area (Å²) >= 11 is 0. The number of hydrogen-bond acceptors (Lipinski definition) is 1. The summed E-state index contributed by atoms with van der Waals surface area (Å²) in [6, 6.07) is 0. The average molecular weight is 165 g/mol. The fourth-order valence-electron chi connectivity index (χ4n) is 1.26. The van der Waals surface area contributed by atoms with Gasteiger partial charge in [-0.3, -0.25) is 0 Å². The molecule has 0 aromatic rings. The van der Waals surface area contributed by atoms with Crippen molar-refractivity contribution in [2.45, 2.75) is 27.2 Å². The third-order valence-electron chi connectivity index (χ3n) is 1.91. The van der Waals surface area contributed by atoms with Crippen LogP contribution in [0.5, 0.6) is 0 Å². The van der Waals surface area contributed by atoms with Gasteiger partial charge in [0.1, 0.15) is 0 Å². The van der Waals surface area contributed by atoms with Gasteiger partial charge in [0.25, 0.3) is 0 Å². The first-order valence-electron chi connectivity index (χ1n) is 4.35. The number of hydrogen-bond donors (Lipinski definition) is 0. The van der Waals surface area contributed by atoms with Gasteiger partial charge in [-0.15, -0.1) is 0 Å². The van der Waals surface area contributed by atoms with Crippen LogP contribution in [0.1, 0.15) is 27.2 Å². The van der Waals surface area contributed by atoms with Crippen LogP contribution in [-0.2, 0) is 0 Å². The fourth-order valence-corrected chi connectivity index (χ4v) is 1.26. The molecular formula is C11H19N. The predicted molar refractivity (Wildman–Crippen MR) is 55.8 cm³/mol. The second kappa shape index (κ2) is 5.64. The Balaban J connectivity index is 4.71. The molecule has 0 radical (unpaired) electrons. The Kier molecular flexibility index (Phi) is 5.18. The highest BCUT2D eigenvalue weighted by Gasteiger charge is 2.00. The zero-order chi connectivity index (χ0) is 9.56. The molecule has 0 N–H and O–H groups in total. The molecule has 0 atom stereocenters. The Hall–Kier alpha value is -0.980. The Bertz CT molecular complexity index is 199. The SMILES string of the molecule is C=CN(C)/C(CC)=C(C)/C=C\C. The van der Waals surface area contributed by atoms with Gasteiger partial charge < -0.3 is 4.90 Å². The van der Waals surface area contributed by atoms with E-state index in [2.05, 4.69) is 37.5 Å². The van der Waals surface area contributed by atoms with Crippen LogP contribution in [0, 0.1) is 0 Å². The molecule has 0 spiro atoms. The molecule has 0 saturated carbocycles. The first-order chi connectivity index (χ1) is 5.67. The smallest absolute Gasteiger partial charge is 0.0197 e. The summed E-state index contributed by atoms with van der Waals surface area (Å²) in [5.41, 5.74) is 2.63. The van der Waals surface area contributed by atoms with Crippen molar-refractivity contribution in [2.24, 2.45) is 0 Å². The molecule has 0 aliphatic carbocycles. The van der Waals surface area contributed by atoms with Gasteiger partial charge in [-0.1, -0.05) is 25.7 Å². The largest absolute Gasteiger partial charge is 0.355 e. The molecule has 0 rings (SSSR count). The third kappa shape index (κ3) is 2.95. The summed E-state index contributed by atoms with van der Waals surface area (Å²) in [7, 11) is 2.03. The molecular weight excluding hydrogens is 146 g/mol. The highest BCUT2D eigenvalue weighted by atomic mass is 15.1. The molecule has 0 unspecified atom stereocenters. The van der Waals surface area contributed by atoms with Gasteiger partial charge in [0, 0.05) is 12.7 Å². The van der Waals surface area contributed by atoms with E-state index >= 15 is 0 Å². The van der Waals surface area contributed by atoms with E-state index in [4.69, 9.17) is 0 Å². The fraction of sp³-hybridized carbons (Fsp3) is 0.455. The van der Waals surface area contributed by atoms with E-state index < -0.39 is 0 Å². The normalized spacial score (nSPS) is 13.0. The van der Waals surface area contributed by atoms with Crippen LogP contribution in [0.2, 0.25) is 0 Å².